The maximum Gasteiger partial charge on any atom is 0.216 e. The zero-order valence-electron chi connectivity index (χ0n) is 3.63. The summed E-state index contributed by atoms with van der Waals surface area (Å²) >= 11 is 0. The highest BCUT2D eigenvalue weighted by Gasteiger charge is 2.00. The molecule has 0 aliphatic rings. The molecule has 0 unspecified atom stereocenters. The van der Waals surface area contributed by atoms with Gasteiger partial charge in [-0.25, -0.2) is 0 Å². The molecule has 0 aliphatic carbocycles. The Morgan fingerprint density at radius 1 is 0.875 bits per heavy atom. The van der Waals surface area contributed by atoms with E-state index in [-0.39, 0.29) is 0 Å². The number of rotatable bonds is 0. The van der Waals surface area contributed by atoms with Crippen molar-refractivity contribution in [3.05, 3.63) is 20.4 Å². The van der Waals surface area contributed by atoms with Crippen LogP contribution in [-0.4, -0.2) is 0 Å². The maximum atomic E-state index is 9.85. The quantitative estimate of drug-likeness (QED) is 0.345. The average molecular weight is 112 g/mol. The fourth-order valence-electron chi connectivity index (χ4n) is 0.350. The first kappa shape index (κ1) is 4.83. The summed E-state index contributed by atoms with van der Waals surface area (Å²) in [7, 11) is 0. The highest BCUT2D eigenvalue weighted by molar-refractivity contribution is 5.40. The van der Waals surface area contributed by atoms with Gasteiger partial charge >= 0.3 is 0 Å². The molecule has 1 aromatic rings. The van der Waals surface area contributed by atoms with Gasteiger partial charge in [-0.15, -0.1) is 0 Å². The van der Waals surface area contributed by atoms with E-state index in [9.17, 15) is 19.8 Å². The summed E-state index contributed by atoms with van der Waals surface area (Å²) in [5.74, 6) is -2.37. The van der Waals surface area contributed by atoms with Gasteiger partial charge in [0.15, 0.2) is 0 Å². The van der Waals surface area contributed by atoms with Crippen molar-refractivity contribution in [1.82, 2.24) is 0 Å². The monoisotopic (exact) mass is 112 g/mol. The van der Waals surface area contributed by atoms with Gasteiger partial charge in [0.2, 0.25) is 10.9 Å². The minimum atomic E-state index is -1.19. The molecule has 0 fully saturated rings. The van der Waals surface area contributed by atoms with Crippen LogP contribution in [-0.2, 0) is 0 Å². The highest BCUT2D eigenvalue weighted by Crippen LogP contribution is 2.05. The fourth-order valence-corrected chi connectivity index (χ4v) is 0.350. The fraction of sp³-hybridized carbons (Fsp3) is 0. The molecule has 0 aliphatic heterocycles. The Morgan fingerprint density at radius 3 is 1.25 bits per heavy atom. The molecule has 42 valence electrons. The predicted octanol–water partition coefficient (Wildman–Crippen LogP) is -2.57. The molecule has 0 N–H and O–H groups in total. The predicted molar refractivity (Wildman–Crippen MR) is 20.2 cm³/mol. The molecule has 4 nitrogen and oxygen atoms in total. The van der Waals surface area contributed by atoms with Crippen molar-refractivity contribution in [3.8, 4) is 11.5 Å². The van der Waals surface area contributed by atoms with Crippen LogP contribution in [0.3, 0.4) is 0 Å². The Hall–Kier alpha value is -1.32. The van der Waals surface area contributed by atoms with Gasteiger partial charge in [0.05, 0.1) is 0 Å². The first-order chi connectivity index (χ1) is 3.64. The van der Waals surface area contributed by atoms with Crippen LogP contribution in [0, 0.1) is 0 Å². The standard InChI is InChI=1S/C4H2O4/c5-1-2(6)4(8)3(1)7/h5-6H/p-2. The molecular weight excluding hydrogens is 112 g/mol. The SMILES string of the molecule is O=c1c([O-])c([O-])c1=O. The van der Waals surface area contributed by atoms with Crippen molar-refractivity contribution in [1.29, 1.82) is 0 Å². The molecule has 0 aromatic heterocycles. The van der Waals surface area contributed by atoms with Crippen LogP contribution in [0.5, 0.6) is 11.5 Å². The van der Waals surface area contributed by atoms with Gasteiger partial charge in [0, 0.05) is 0 Å². The van der Waals surface area contributed by atoms with E-state index in [1.807, 2.05) is 0 Å². The van der Waals surface area contributed by atoms with Crippen LogP contribution in [0.2, 0.25) is 0 Å². The topological polar surface area (TPSA) is 80.3 Å². The van der Waals surface area contributed by atoms with Crippen LogP contribution in [0.15, 0.2) is 9.59 Å². The third kappa shape index (κ3) is 0.294. The van der Waals surface area contributed by atoms with E-state index in [1.54, 1.807) is 0 Å². The van der Waals surface area contributed by atoms with Crippen LogP contribution >= 0.6 is 0 Å². The van der Waals surface area contributed by atoms with E-state index in [2.05, 4.69) is 0 Å². The van der Waals surface area contributed by atoms with E-state index in [0.29, 0.717) is 0 Å². The van der Waals surface area contributed by atoms with Crippen molar-refractivity contribution in [3.63, 3.8) is 0 Å². The molecule has 0 amide bonds. The van der Waals surface area contributed by atoms with Gasteiger partial charge in [-0.1, -0.05) is 11.5 Å². The van der Waals surface area contributed by atoms with Crippen molar-refractivity contribution in [2.75, 3.05) is 0 Å². The van der Waals surface area contributed by atoms with Crippen LogP contribution in [0.25, 0.3) is 0 Å². The molecule has 0 atom stereocenters. The largest absolute Gasteiger partial charge is 0.870 e. The number of hydrogen-bond acceptors (Lipinski definition) is 4. The van der Waals surface area contributed by atoms with Crippen molar-refractivity contribution >= 4 is 0 Å². The van der Waals surface area contributed by atoms with E-state index in [1.165, 1.54) is 0 Å². The average Bonchev–Trinajstić information content (AvgIpc) is 1.83. The summed E-state index contributed by atoms with van der Waals surface area (Å²) in [4.78, 5) is 19.7. The molecule has 4 heteroatoms. The molecule has 0 spiro atoms. The third-order valence-electron chi connectivity index (χ3n) is 0.825. The summed E-state index contributed by atoms with van der Waals surface area (Å²) in [6.45, 7) is 0. The zero-order valence-corrected chi connectivity index (χ0v) is 3.63. The van der Waals surface area contributed by atoms with Crippen LogP contribution < -0.4 is 21.1 Å². The molecule has 8 heavy (non-hydrogen) atoms. The molecule has 0 bridgehead atoms. The molecule has 0 saturated carbocycles. The van der Waals surface area contributed by atoms with E-state index in [4.69, 9.17) is 0 Å². The molecule has 1 aromatic carbocycles. The summed E-state index contributed by atoms with van der Waals surface area (Å²) in [5.41, 5.74) is -2.37. The Balaban J connectivity index is 3.48. The Morgan fingerprint density at radius 2 is 1.12 bits per heavy atom. The van der Waals surface area contributed by atoms with Gasteiger partial charge in [-0.2, -0.15) is 0 Å². The second kappa shape index (κ2) is 1.09. The Labute approximate surface area is 43.3 Å². The molecule has 0 heterocycles. The van der Waals surface area contributed by atoms with Crippen LogP contribution in [0.4, 0.5) is 0 Å². The second-order valence-electron chi connectivity index (χ2n) is 1.32. The van der Waals surface area contributed by atoms with E-state index < -0.39 is 22.4 Å². The third-order valence-corrected chi connectivity index (χ3v) is 0.825. The van der Waals surface area contributed by atoms with Crippen molar-refractivity contribution in [2.45, 2.75) is 0 Å². The number of hydrogen-bond donors (Lipinski definition) is 0. The lowest BCUT2D eigenvalue weighted by molar-refractivity contribution is -0.324. The van der Waals surface area contributed by atoms with Gasteiger partial charge < -0.3 is 10.2 Å². The summed E-state index contributed by atoms with van der Waals surface area (Å²) in [6.07, 6.45) is 0. The summed E-state index contributed by atoms with van der Waals surface area (Å²) in [6, 6.07) is 0. The normalized spacial score (nSPS) is 10.0. The van der Waals surface area contributed by atoms with Crippen LogP contribution in [0.1, 0.15) is 0 Å². The van der Waals surface area contributed by atoms with E-state index in [0.717, 1.165) is 0 Å². The lowest BCUT2D eigenvalue weighted by atomic mass is 10.2. The van der Waals surface area contributed by atoms with Gasteiger partial charge in [-0.05, 0) is 0 Å². The Kier molecular flexibility index (Phi) is 0.658. The zero-order chi connectivity index (χ0) is 6.31. The van der Waals surface area contributed by atoms with E-state index >= 15 is 0 Å². The van der Waals surface area contributed by atoms with Crippen molar-refractivity contribution in [2.24, 2.45) is 0 Å². The smallest absolute Gasteiger partial charge is 0.216 e. The minimum absolute atomic E-state index is 1.19. The molecular formula is C4O4-2. The summed E-state index contributed by atoms with van der Waals surface area (Å²) < 4.78 is 0. The molecule has 0 radical (unpaired) electrons. The first-order valence-electron chi connectivity index (χ1n) is 1.82. The van der Waals surface area contributed by atoms with Gasteiger partial charge in [0.1, 0.15) is 0 Å². The first-order valence-corrected chi connectivity index (χ1v) is 1.82. The summed E-state index contributed by atoms with van der Waals surface area (Å²) in [5, 5.41) is 19.7. The Bertz CT molecular complexity index is 248. The van der Waals surface area contributed by atoms with Gasteiger partial charge in [-0.3, -0.25) is 9.59 Å². The maximum absolute atomic E-state index is 9.85. The van der Waals surface area contributed by atoms with Crippen molar-refractivity contribution < 1.29 is 10.2 Å². The second-order valence-corrected chi connectivity index (χ2v) is 1.32. The molecule has 1 rings (SSSR count). The minimum Gasteiger partial charge on any atom is -0.870 e. The lowest BCUT2D eigenvalue weighted by Crippen LogP contribution is -2.37. The van der Waals surface area contributed by atoms with Gasteiger partial charge in [0.25, 0.3) is 0 Å². The lowest BCUT2D eigenvalue weighted by Gasteiger charge is -2.16. The molecule has 0 saturated heterocycles. The highest BCUT2D eigenvalue weighted by atomic mass is 16.3.